The highest BCUT2D eigenvalue weighted by atomic mass is 32.1. The van der Waals surface area contributed by atoms with E-state index in [1.165, 1.54) is 4.88 Å². The predicted octanol–water partition coefficient (Wildman–Crippen LogP) is 2.83. The van der Waals surface area contributed by atoms with Gasteiger partial charge < -0.3 is 15.2 Å². The fraction of sp³-hybridized carbons (Fsp3) is 0.312. The number of aromatic nitrogens is 2. The van der Waals surface area contributed by atoms with Crippen molar-refractivity contribution in [2.45, 2.75) is 13.0 Å². The monoisotopic (exact) mass is 300 g/mol. The molecule has 0 radical (unpaired) electrons. The van der Waals surface area contributed by atoms with Crippen molar-refractivity contribution in [2.24, 2.45) is 0 Å². The second-order valence-corrected chi connectivity index (χ2v) is 6.49. The van der Waals surface area contributed by atoms with Crippen molar-refractivity contribution in [2.75, 3.05) is 26.4 Å². The zero-order chi connectivity index (χ0) is 14.8. The molecule has 0 saturated carbocycles. The van der Waals surface area contributed by atoms with Gasteiger partial charge in [0.15, 0.2) is 0 Å². The molecule has 4 nitrogen and oxygen atoms in total. The summed E-state index contributed by atoms with van der Waals surface area (Å²) in [6, 6.07) is 10.3. The fourth-order valence-electron chi connectivity index (χ4n) is 2.47. The van der Waals surface area contributed by atoms with E-state index in [2.05, 4.69) is 47.1 Å². The van der Waals surface area contributed by atoms with Crippen molar-refractivity contribution in [3.63, 3.8) is 0 Å². The number of likely N-dealkylation sites (N-methyl/N-ethyl adjacent to an activating group) is 1. The van der Waals surface area contributed by atoms with Crippen molar-refractivity contribution in [3.05, 3.63) is 46.4 Å². The molecule has 2 heterocycles. The molecule has 0 aliphatic rings. The van der Waals surface area contributed by atoms with Gasteiger partial charge in [0.1, 0.15) is 11.3 Å². The highest BCUT2D eigenvalue weighted by Gasteiger charge is 2.13. The number of anilines is 1. The molecule has 0 bridgehead atoms. The molecule has 110 valence electrons. The highest BCUT2D eigenvalue weighted by Crippen LogP contribution is 2.24. The minimum absolute atomic E-state index is 0.753. The average molecular weight is 300 g/mol. The minimum atomic E-state index is 0.753. The Morgan fingerprint density at radius 2 is 2.10 bits per heavy atom. The van der Waals surface area contributed by atoms with Gasteiger partial charge in [0.25, 0.3) is 0 Å². The van der Waals surface area contributed by atoms with Gasteiger partial charge in [-0.1, -0.05) is 12.1 Å². The zero-order valence-corrected chi connectivity index (χ0v) is 13.2. The van der Waals surface area contributed by atoms with Crippen LogP contribution in [0.1, 0.15) is 10.7 Å². The molecular formula is C16H20N4S. The first-order valence-electron chi connectivity index (χ1n) is 7.06. The number of nitrogens with two attached hydrogens (primary N) is 1. The molecule has 1 aromatic carbocycles. The van der Waals surface area contributed by atoms with Crippen LogP contribution in [0.4, 0.5) is 5.69 Å². The van der Waals surface area contributed by atoms with Crippen LogP contribution < -0.4 is 5.73 Å². The van der Waals surface area contributed by atoms with Gasteiger partial charge >= 0.3 is 0 Å². The number of para-hydroxylation sites is 1. The number of rotatable bonds is 5. The van der Waals surface area contributed by atoms with Crippen LogP contribution in [-0.2, 0) is 13.0 Å². The zero-order valence-electron chi connectivity index (χ0n) is 12.4. The molecule has 2 N–H and O–H groups in total. The molecule has 5 heteroatoms. The molecule has 2 aromatic heterocycles. The third-order valence-electron chi connectivity index (χ3n) is 3.57. The van der Waals surface area contributed by atoms with Crippen LogP contribution in [0.3, 0.4) is 0 Å². The predicted molar refractivity (Wildman–Crippen MR) is 89.8 cm³/mol. The van der Waals surface area contributed by atoms with E-state index in [1.807, 2.05) is 12.1 Å². The van der Waals surface area contributed by atoms with Crippen LogP contribution in [0.5, 0.6) is 0 Å². The van der Waals surface area contributed by atoms with Crippen molar-refractivity contribution >= 4 is 28.1 Å². The lowest BCUT2D eigenvalue weighted by molar-refractivity contribution is 0.384. The lowest BCUT2D eigenvalue weighted by atomic mass is 10.2. The second kappa shape index (κ2) is 5.87. The Hall–Kier alpha value is -1.85. The number of nitrogen functional groups attached to an aromatic ring is 1. The molecule has 0 fully saturated rings. The Morgan fingerprint density at radius 3 is 2.81 bits per heavy atom. The summed E-state index contributed by atoms with van der Waals surface area (Å²) in [6.45, 7) is 1.91. The first kappa shape index (κ1) is 14.1. The minimum Gasteiger partial charge on any atom is -0.397 e. The van der Waals surface area contributed by atoms with Gasteiger partial charge in [-0.3, -0.25) is 0 Å². The summed E-state index contributed by atoms with van der Waals surface area (Å²) in [5.74, 6) is 1.09. The topological polar surface area (TPSA) is 47.1 Å². The van der Waals surface area contributed by atoms with Crippen molar-refractivity contribution in [1.82, 2.24) is 14.5 Å². The van der Waals surface area contributed by atoms with E-state index < -0.39 is 0 Å². The van der Waals surface area contributed by atoms with Gasteiger partial charge in [0, 0.05) is 24.4 Å². The largest absolute Gasteiger partial charge is 0.397 e. The number of hydrogen-bond donors (Lipinski definition) is 1. The van der Waals surface area contributed by atoms with E-state index in [-0.39, 0.29) is 0 Å². The highest BCUT2D eigenvalue weighted by molar-refractivity contribution is 7.09. The fourth-order valence-corrected chi connectivity index (χ4v) is 3.17. The Morgan fingerprint density at radius 1 is 1.24 bits per heavy atom. The summed E-state index contributed by atoms with van der Waals surface area (Å²) in [5.41, 5.74) is 8.88. The van der Waals surface area contributed by atoms with Gasteiger partial charge in [0.2, 0.25) is 0 Å². The lowest BCUT2D eigenvalue weighted by Crippen LogP contribution is -2.19. The maximum atomic E-state index is 6.08. The maximum absolute atomic E-state index is 6.08. The SMILES string of the molecule is CN(C)CCn1c(Cc2cccs2)nc2c(N)cccc21. The van der Waals surface area contributed by atoms with E-state index in [4.69, 9.17) is 10.7 Å². The van der Waals surface area contributed by atoms with Crippen LogP contribution in [-0.4, -0.2) is 35.1 Å². The number of imidazole rings is 1. The van der Waals surface area contributed by atoms with E-state index in [9.17, 15) is 0 Å². The Bertz CT molecular complexity index is 728. The summed E-state index contributed by atoms with van der Waals surface area (Å²) in [4.78, 5) is 8.31. The first-order valence-corrected chi connectivity index (χ1v) is 7.94. The lowest BCUT2D eigenvalue weighted by Gasteiger charge is -2.13. The van der Waals surface area contributed by atoms with E-state index in [1.54, 1.807) is 11.3 Å². The average Bonchev–Trinajstić information content (AvgIpc) is 3.05. The van der Waals surface area contributed by atoms with Crippen LogP contribution in [0.25, 0.3) is 11.0 Å². The molecule has 0 aliphatic heterocycles. The molecule has 0 saturated heterocycles. The summed E-state index contributed by atoms with van der Waals surface area (Å²) in [5, 5.41) is 2.11. The third-order valence-corrected chi connectivity index (χ3v) is 4.45. The van der Waals surface area contributed by atoms with E-state index in [0.29, 0.717) is 0 Å². The molecule has 0 atom stereocenters. The van der Waals surface area contributed by atoms with Gasteiger partial charge in [-0.15, -0.1) is 11.3 Å². The van der Waals surface area contributed by atoms with E-state index in [0.717, 1.165) is 42.1 Å². The van der Waals surface area contributed by atoms with Crippen LogP contribution in [0, 0.1) is 0 Å². The molecule has 0 aliphatic carbocycles. The number of fused-ring (bicyclic) bond motifs is 1. The Labute approximate surface area is 128 Å². The van der Waals surface area contributed by atoms with E-state index >= 15 is 0 Å². The summed E-state index contributed by atoms with van der Waals surface area (Å²) >= 11 is 1.77. The first-order chi connectivity index (χ1) is 10.1. The summed E-state index contributed by atoms with van der Waals surface area (Å²) in [6.07, 6.45) is 0.860. The Kier molecular flexibility index (Phi) is 3.94. The van der Waals surface area contributed by atoms with Crippen LogP contribution in [0.2, 0.25) is 0 Å². The second-order valence-electron chi connectivity index (χ2n) is 5.45. The van der Waals surface area contributed by atoms with Crippen molar-refractivity contribution < 1.29 is 0 Å². The summed E-state index contributed by atoms with van der Waals surface area (Å²) in [7, 11) is 4.18. The van der Waals surface area contributed by atoms with Crippen LogP contribution >= 0.6 is 11.3 Å². The number of hydrogen-bond acceptors (Lipinski definition) is 4. The molecule has 0 amide bonds. The van der Waals surface area contributed by atoms with Gasteiger partial charge in [-0.05, 0) is 37.7 Å². The molecule has 0 spiro atoms. The third kappa shape index (κ3) is 2.94. The van der Waals surface area contributed by atoms with Gasteiger partial charge in [0.05, 0.1) is 11.2 Å². The standard InChI is InChI=1S/C16H20N4S/c1-19(2)8-9-20-14-7-3-6-13(17)16(14)18-15(20)11-12-5-4-10-21-12/h3-7,10H,8-9,11,17H2,1-2H3. The number of benzene rings is 1. The molecule has 3 aromatic rings. The smallest absolute Gasteiger partial charge is 0.115 e. The maximum Gasteiger partial charge on any atom is 0.115 e. The molecule has 3 rings (SSSR count). The molecule has 21 heavy (non-hydrogen) atoms. The number of thiophene rings is 1. The summed E-state index contributed by atoms with van der Waals surface area (Å²) < 4.78 is 2.30. The molecule has 0 unspecified atom stereocenters. The van der Waals surface area contributed by atoms with Gasteiger partial charge in [-0.25, -0.2) is 4.98 Å². The Balaban J connectivity index is 2.03. The molecular weight excluding hydrogens is 280 g/mol. The normalized spacial score (nSPS) is 11.6. The number of nitrogens with zero attached hydrogens (tertiary/aromatic N) is 3. The van der Waals surface area contributed by atoms with Crippen LogP contribution in [0.15, 0.2) is 35.7 Å². The van der Waals surface area contributed by atoms with Gasteiger partial charge in [-0.2, -0.15) is 0 Å². The van der Waals surface area contributed by atoms with Crippen molar-refractivity contribution in [1.29, 1.82) is 0 Å². The van der Waals surface area contributed by atoms with Crippen molar-refractivity contribution in [3.8, 4) is 0 Å². The quantitative estimate of drug-likeness (QED) is 0.737.